The lowest BCUT2D eigenvalue weighted by atomic mass is 10.1. The molecule has 1 heterocycles. The van der Waals surface area contributed by atoms with Crippen LogP contribution in [0.4, 0.5) is 5.69 Å². The van der Waals surface area contributed by atoms with E-state index in [1.165, 1.54) is 19.2 Å². The van der Waals surface area contributed by atoms with E-state index in [1.807, 2.05) is 12.1 Å². The van der Waals surface area contributed by atoms with Crippen molar-refractivity contribution in [3.05, 3.63) is 41.5 Å². The van der Waals surface area contributed by atoms with Crippen LogP contribution in [-0.2, 0) is 11.2 Å². The Balaban J connectivity index is 1.75. The zero-order valence-corrected chi connectivity index (χ0v) is 16.3. The van der Waals surface area contributed by atoms with Crippen molar-refractivity contribution in [2.75, 3.05) is 32.8 Å². The second kappa shape index (κ2) is 9.18. The minimum Gasteiger partial charge on any atom is -0.493 e. The van der Waals surface area contributed by atoms with Crippen molar-refractivity contribution in [1.82, 2.24) is 0 Å². The highest BCUT2D eigenvalue weighted by molar-refractivity contribution is 6.01. The summed E-state index contributed by atoms with van der Waals surface area (Å²) in [6.07, 6.45) is 1.23. The Bertz CT molecular complexity index is 910. The molecule has 0 aliphatic carbocycles. The lowest BCUT2D eigenvalue weighted by Gasteiger charge is -2.14. The van der Waals surface area contributed by atoms with E-state index >= 15 is 0 Å². The van der Waals surface area contributed by atoms with Gasteiger partial charge in [0.05, 0.1) is 38.7 Å². The van der Waals surface area contributed by atoms with E-state index < -0.39 is 5.97 Å². The summed E-state index contributed by atoms with van der Waals surface area (Å²) >= 11 is 0. The molecule has 0 unspecified atom stereocenters. The van der Waals surface area contributed by atoms with Crippen molar-refractivity contribution in [3.63, 3.8) is 0 Å². The first-order valence-corrected chi connectivity index (χ1v) is 9.20. The number of benzene rings is 2. The molecule has 0 atom stereocenters. The Morgan fingerprint density at radius 3 is 2.48 bits per heavy atom. The molecule has 2 aromatic rings. The fourth-order valence-electron chi connectivity index (χ4n) is 3.10. The zero-order chi connectivity index (χ0) is 20.8. The molecular formula is C21H23NO7. The smallest absolute Gasteiger partial charge is 0.337 e. The van der Waals surface area contributed by atoms with Gasteiger partial charge in [0, 0.05) is 25.0 Å². The molecular weight excluding hydrogens is 378 g/mol. The molecule has 1 amide bonds. The number of hydrogen-bond donors (Lipinski definition) is 2. The van der Waals surface area contributed by atoms with Crippen LogP contribution in [0.5, 0.6) is 23.0 Å². The monoisotopic (exact) mass is 401 g/mol. The number of carbonyl (C=O) groups excluding carboxylic acids is 1. The molecule has 2 N–H and O–H groups in total. The molecule has 2 aromatic carbocycles. The summed E-state index contributed by atoms with van der Waals surface area (Å²) in [4.78, 5) is 24.1. The van der Waals surface area contributed by atoms with Crippen LogP contribution in [0.2, 0.25) is 0 Å². The van der Waals surface area contributed by atoms with E-state index in [1.54, 1.807) is 13.2 Å². The molecule has 0 spiro atoms. The standard InChI is InChI=1S/C21H23NO7/c1-26-16-6-3-5-13(20(16)27-2)7-8-19(23)22-15-12-18-17(11-14(15)21(24)25)28-9-4-10-29-18/h3,5-6,11-12H,4,7-10H2,1-2H3,(H,22,23)(H,24,25). The number of anilines is 1. The van der Waals surface area contributed by atoms with Gasteiger partial charge in [-0.15, -0.1) is 0 Å². The summed E-state index contributed by atoms with van der Waals surface area (Å²) in [5, 5.41) is 12.2. The first kappa shape index (κ1) is 20.3. The van der Waals surface area contributed by atoms with Crippen molar-refractivity contribution >= 4 is 17.6 Å². The number of aryl methyl sites for hydroxylation is 1. The minimum atomic E-state index is -1.16. The predicted molar refractivity (Wildman–Crippen MR) is 106 cm³/mol. The number of rotatable bonds is 7. The van der Waals surface area contributed by atoms with Gasteiger partial charge in [-0.3, -0.25) is 4.79 Å². The van der Waals surface area contributed by atoms with Gasteiger partial charge in [-0.1, -0.05) is 12.1 Å². The molecule has 8 nitrogen and oxygen atoms in total. The van der Waals surface area contributed by atoms with Crippen LogP contribution in [0.3, 0.4) is 0 Å². The average molecular weight is 401 g/mol. The summed E-state index contributed by atoms with van der Waals surface area (Å²) in [6, 6.07) is 8.32. The molecule has 1 aliphatic rings. The van der Waals surface area contributed by atoms with Crippen LogP contribution < -0.4 is 24.3 Å². The molecule has 0 bridgehead atoms. The molecule has 0 saturated heterocycles. The van der Waals surface area contributed by atoms with Crippen molar-refractivity contribution in [2.45, 2.75) is 19.3 Å². The van der Waals surface area contributed by atoms with Crippen LogP contribution in [0.15, 0.2) is 30.3 Å². The molecule has 0 fully saturated rings. The summed E-state index contributed by atoms with van der Waals surface area (Å²) in [5.74, 6) is 0.444. The van der Waals surface area contributed by atoms with Gasteiger partial charge in [0.2, 0.25) is 5.91 Å². The van der Waals surface area contributed by atoms with Crippen molar-refractivity contribution in [3.8, 4) is 23.0 Å². The fourth-order valence-corrected chi connectivity index (χ4v) is 3.10. The van der Waals surface area contributed by atoms with Crippen molar-refractivity contribution in [1.29, 1.82) is 0 Å². The maximum Gasteiger partial charge on any atom is 0.337 e. The predicted octanol–water partition coefficient (Wildman–Crippen LogP) is 3.13. The lowest BCUT2D eigenvalue weighted by Crippen LogP contribution is -2.16. The molecule has 8 heteroatoms. The Labute approximate surface area is 168 Å². The third kappa shape index (κ3) is 4.71. The number of carbonyl (C=O) groups is 2. The molecule has 3 rings (SSSR count). The molecule has 0 saturated carbocycles. The summed E-state index contributed by atoms with van der Waals surface area (Å²) in [6.45, 7) is 0.905. The van der Waals surface area contributed by atoms with E-state index in [9.17, 15) is 14.7 Å². The number of hydrogen-bond acceptors (Lipinski definition) is 6. The van der Waals surface area contributed by atoms with E-state index in [0.717, 1.165) is 5.56 Å². The highest BCUT2D eigenvalue weighted by atomic mass is 16.5. The maximum absolute atomic E-state index is 12.5. The third-order valence-corrected chi connectivity index (χ3v) is 4.50. The van der Waals surface area contributed by atoms with Gasteiger partial charge in [-0.25, -0.2) is 4.79 Å². The topological polar surface area (TPSA) is 103 Å². The molecule has 154 valence electrons. The van der Waals surface area contributed by atoms with Gasteiger partial charge < -0.3 is 29.4 Å². The first-order chi connectivity index (χ1) is 14.0. The zero-order valence-electron chi connectivity index (χ0n) is 16.3. The fraction of sp³-hybridized carbons (Fsp3) is 0.333. The number of nitrogens with one attached hydrogen (secondary N) is 1. The van der Waals surface area contributed by atoms with Gasteiger partial charge >= 0.3 is 5.97 Å². The number of aromatic carboxylic acids is 1. The van der Waals surface area contributed by atoms with Crippen molar-refractivity contribution < 1.29 is 33.6 Å². The highest BCUT2D eigenvalue weighted by Gasteiger charge is 2.20. The second-order valence-corrected chi connectivity index (χ2v) is 6.40. The number of para-hydroxylation sites is 1. The van der Waals surface area contributed by atoms with E-state index in [-0.39, 0.29) is 23.6 Å². The highest BCUT2D eigenvalue weighted by Crippen LogP contribution is 2.36. The number of fused-ring (bicyclic) bond motifs is 1. The van der Waals surface area contributed by atoms with Crippen LogP contribution in [0.25, 0.3) is 0 Å². The SMILES string of the molecule is COc1cccc(CCC(=O)Nc2cc3c(cc2C(=O)O)OCCCO3)c1OC. The number of methoxy groups -OCH3 is 2. The minimum absolute atomic E-state index is 0.0541. The van der Waals surface area contributed by atoms with Crippen LogP contribution in [0.1, 0.15) is 28.8 Å². The van der Waals surface area contributed by atoms with Crippen LogP contribution >= 0.6 is 0 Å². The first-order valence-electron chi connectivity index (χ1n) is 9.20. The average Bonchev–Trinajstić information content (AvgIpc) is 2.95. The van der Waals surface area contributed by atoms with Crippen LogP contribution in [0, 0.1) is 0 Å². The van der Waals surface area contributed by atoms with Gasteiger partial charge in [0.1, 0.15) is 0 Å². The van der Waals surface area contributed by atoms with Crippen LogP contribution in [-0.4, -0.2) is 44.4 Å². The quantitative estimate of drug-likeness (QED) is 0.735. The number of carboxylic acid groups (broad SMARTS) is 1. The van der Waals surface area contributed by atoms with Gasteiger partial charge in [0.15, 0.2) is 23.0 Å². The molecule has 0 aromatic heterocycles. The largest absolute Gasteiger partial charge is 0.493 e. The molecule has 1 aliphatic heterocycles. The number of amides is 1. The summed E-state index contributed by atoms with van der Waals surface area (Å²) in [7, 11) is 3.09. The van der Waals surface area contributed by atoms with Gasteiger partial charge in [-0.2, -0.15) is 0 Å². The Hall–Kier alpha value is -3.42. The molecule has 0 radical (unpaired) electrons. The maximum atomic E-state index is 12.5. The van der Waals surface area contributed by atoms with Gasteiger partial charge in [-0.05, 0) is 18.1 Å². The Morgan fingerprint density at radius 1 is 1.10 bits per heavy atom. The number of ether oxygens (including phenoxy) is 4. The Morgan fingerprint density at radius 2 is 1.83 bits per heavy atom. The van der Waals surface area contributed by atoms with E-state index in [0.29, 0.717) is 49.1 Å². The third-order valence-electron chi connectivity index (χ3n) is 4.50. The van der Waals surface area contributed by atoms with E-state index in [4.69, 9.17) is 18.9 Å². The second-order valence-electron chi connectivity index (χ2n) is 6.40. The van der Waals surface area contributed by atoms with E-state index in [2.05, 4.69) is 5.32 Å². The normalized spacial score (nSPS) is 12.6. The number of carboxylic acids is 1. The molecule has 29 heavy (non-hydrogen) atoms. The summed E-state index contributed by atoms with van der Waals surface area (Å²) < 4.78 is 21.8. The summed E-state index contributed by atoms with van der Waals surface area (Å²) in [5.41, 5.74) is 0.935. The lowest BCUT2D eigenvalue weighted by molar-refractivity contribution is -0.116. The van der Waals surface area contributed by atoms with Crippen molar-refractivity contribution in [2.24, 2.45) is 0 Å². The van der Waals surface area contributed by atoms with Gasteiger partial charge in [0.25, 0.3) is 0 Å². The Kier molecular flexibility index (Phi) is 6.43.